The molecule has 0 radical (unpaired) electrons. The molecule has 0 amide bonds. The maximum atomic E-state index is 11.0. The molecule has 0 aromatic carbocycles. The van der Waals surface area contributed by atoms with E-state index in [-0.39, 0.29) is 12.2 Å². The van der Waals surface area contributed by atoms with Gasteiger partial charge in [0.2, 0.25) is 0 Å². The van der Waals surface area contributed by atoms with Gasteiger partial charge in [-0.15, -0.1) is 0 Å². The van der Waals surface area contributed by atoms with Gasteiger partial charge in [-0.3, -0.25) is 5.32 Å². The van der Waals surface area contributed by atoms with Gasteiger partial charge in [-0.05, 0) is 12.3 Å². The predicted molar refractivity (Wildman–Crippen MR) is 57.8 cm³/mol. The minimum atomic E-state index is -0.361. The number of ether oxygens (including phenoxy) is 1. The molecule has 0 aliphatic rings. The highest BCUT2D eigenvalue weighted by atomic mass is 16.6. The molecule has 0 aliphatic carbocycles. The molecule has 1 atom stereocenters. The van der Waals surface area contributed by atoms with Crippen molar-refractivity contribution >= 4 is 5.97 Å². The molecule has 0 spiro atoms. The van der Waals surface area contributed by atoms with Gasteiger partial charge in [0, 0.05) is 12.6 Å². The third-order valence-electron chi connectivity index (χ3n) is 1.73. The molecule has 82 valence electrons. The first-order valence-electron chi connectivity index (χ1n) is 5.16. The normalized spacial score (nSPS) is 12.6. The molecular formula is C11H21NO2. The van der Waals surface area contributed by atoms with Crippen LogP contribution in [0.5, 0.6) is 0 Å². The summed E-state index contributed by atoms with van der Waals surface area (Å²) in [5.41, 5.74) is 0. The van der Waals surface area contributed by atoms with Crippen LogP contribution in [-0.4, -0.2) is 18.7 Å². The Balaban J connectivity index is 3.88. The van der Waals surface area contributed by atoms with Crippen molar-refractivity contribution in [3.63, 3.8) is 0 Å². The summed E-state index contributed by atoms with van der Waals surface area (Å²) in [5, 5.41) is 3.19. The smallest absolute Gasteiger partial charge is 0.331 e. The summed E-state index contributed by atoms with van der Waals surface area (Å²) in [6.45, 7) is 10.5. The minimum Gasteiger partial charge on any atom is -0.443 e. The summed E-state index contributed by atoms with van der Waals surface area (Å²) in [6.07, 6.45) is 2.85. The Kier molecular flexibility index (Phi) is 7.11. The SMILES string of the molecule is C=CC(=O)OC(CCC)NCC(C)C. The lowest BCUT2D eigenvalue weighted by atomic mass is 10.2. The van der Waals surface area contributed by atoms with Crippen LogP contribution in [0.4, 0.5) is 0 Å². The minimum absolute atomic E-state index is 0.173. The van der Waals surface area contributed by atoms with Crippen LogP contribution >= 0.6 is 0 Å². The third kappa shape index (κ3) is 6.66. The second-order valence-electron chi connectivity index (χ2n) is 3.72. The molecule has 14 heavy (non-hydrogen) atoms. The van der Waals surface area contributed by atoms with Crippen LogP contribution < -0.4 is 5.32 Å². The van der Waals surface area contributed by atoms with Gasteiger partial charge in [-0.2, -0.15) is 0 Å². The van der Waals surface area contributed by atoms with Crippen LogP contribution in [0.1, 0.15) is 33.6 Å². The van der Waals surface area contributed by atoms with E-state index in [0.717, 1.165) is 19.4 Å². The van der Waals surface area contributed by atoms with Crippen molar-refractivity contribution in [2.45, 2.75) is 39.8 Å². The van der Waals surface area contributed by atoms with E-state index >= 15 is 0 Å². The van der Waals surface area contributed by atoms with Crippen molar-refractivity contribution in [3.05, 3.63) is 12.7 Å². The van der Waals surface area contributed by atoms with Gasteiger partial charge in [-0.1, -0.05) is 33.8 Å². The highest BCUT2D eigenvalue weighted by molar-refractivity contribution is 5.81. The average molecular weight is 199 g/mol. The van der Waals surface area contributed by atoms with E-state index in [4.69, 9.17) is 4.74 Å². The second kappa shape index (κ2) is 7.56. The summed E-state index contributed by atoms with van der Waals surface area (Å²) in [5.74, 6) is 0.191. The lowest BCUT2D eigenvalue weighted by Gasteiger charge is -2.19. The molecule has 1 N–H and O–H groups in total. The quantitative estimate of drug-likeness (QED) is 0.387. The highest BCUT2D eigenvalue weighted by Gasteiger charge is 2.10. The molecule has 0 aromatic rings. The topological polar surface area (TPSA) is 38.3 Å². The van der Waals surface area contributed by atoms with Gasteiger partial charge >= 0.3 is 5.97 Å². The van der Waals surface area contributed by atoms with Crippen molar-refractivity contribution in [1.29, 1.82) is 0 Å². The van der Waals surface area contributed by atoms with Crippen LogP contribution in [0.3, 0.4) is 0 Å². The molecule has 0 rings (SSSR count). The molecule has 3 heteroatoms. The molecule has 0 aromatic heterocycles. The van der Waals surface area contributed by atoms with Crippen LogP contribution in [0.25, 0.3) is 0 Å². The molecular weight excluding hydrogens is 178 g/mol. The molecule has 0 bridgehead atoms. The van der Waals surface area contributed by atoms with E-state index < -0.39 is 0 Å². The van der Waals surface area contributed by atoms with Gasteiger partial charge in [0.05, 0.1) is 0 Å². The first-order valence-corrected chi connectivity index (χ1v) is 5.16. The Bertz CT molecular complexity index is 178. The lowest BCUT2D eigenvalue weighted by molar-refractivity contribution is -0.145. The summed E-state index contributed by atoms with van der Waals surface area (Å²) in [4.78, 5) is 11.0. The number of hydrogen-bond donors (Lipinski definition) is 1. The zero-order valence-electron chi connectivity index (χ0n) is 9.38. The first-order chi connectivity index (χ1) is 6.60. The standard InChI is InChI=1S/C11H21NO2/c1-5-7-10(12-8-9(3)4)14-11(13)6-2/h6,9-10,12H,2,5,7-8H2,1,3-4H3. The average Bonchev–Trinajstić information content (AvgIpc) is 2.14. The maximum absolute atomic E-state index is 11.0. The second-order valence-corrected chi connectivity index (χ2v) is 3.72. The fraction of sp³-hybridized carbons (Fsp3) is 0.727. The van der Waals surface area contributed by atoms with Crippen LogP contribution in [0.2, 0.25) is 0 Å². The molecule has 1 unspecified atom stereocenters. The van der Waals surface area contributed by atoms with Crippen molar-refractivity contribution < 1.29 is 9.53 Å². The van der Waals surface area contributed by atoms with Crippen LogP contribution in [-0.2, 0) is 9.53 Å². The number of carbonyl (C=O) groups is 1. The van der Waals surface area contributed by atoms with Crippen molar-refractivity contribution in [2.75, 3.05) is 6.54 Å². The van der Waals surface area contributed by atoms with E-state index in [1.165, 1.54) is 6.08 Å². The Morgan fingerprint density at radius 3 is 2.64 bits per heavy atom. The lowest BCUT2D eigenvalue weighted by Crippen LogP contribution is -2.35. The molecule has 0 saturated heterocycles. The monoisotopic (exact) mass is 199 g/mol. The van der Waals surface area contributed by atoms with E-state index in [9.17, 15) is 4.79 Å². The summed E-state index contributed by atoms with van der Waals surface area (Å²) >= 11 is 0. The Morgan fingerprint density at radius 1 is 1.57 bits per heavy atom. The summed E-state index contributed by atoms with van der Waals surface area (Å²) < 4.78 is 5.12. The van der Waals surface area contributed by atoms with E-state index in [2.05, 4.69) is 32.7 Å². The number of esters is 1. The van der Waals surface area contributed by atoms with Crippen LogP contribution in [0.15, 0.2) is 12.7 Å². The summed E-state index contributed by atoms with van der Waals surface area (Å²) in [6, 6.07) is 0. The zero-order valence-corrected chi connectivity index (χ0v) is 9.38. The van der Waals surface area contributed by atoms with E-state index in [0.29, 0.717) is 5.92 Å². The maximum Gasteiger partial charge on any atom is 0.331 e. The number of carbonyl (C=O) groups excluding carboxylic acids is 1. The molecule has 0 fully saturated rings. The highest BCUT2D eigenvalue weighted by Crippen LogP contribution is 2.01. The fourth-order valence-corrected chi connectivity index (χ4v) is 1.02. The van der Waals surface area contributed by atoms with Crippen molar-refractivity contribution in [2.24, 2.45) is 5.92 Å². The molecule has 0 aliphatic heterocycles. The third-order valence-corrected chi connectivity index (χ3v) is 1.73. The zero-order chi connectivity index (χ0) is 11.0. The predicted octanol–water partition coefficient (Wildman–Crippen LogP) is 2.09. The summed E-state index contributed by atoms with van der Waals surface area (Å²) in [7, 11) is 0. The van der Waals surface area contributed by atoms with Gasteiger partial charge in [0.25, 0.3) is 0 Å². The van der Waals surface area contributed by atoms with Gasteiger partial charge < -0.3 is 4.74 Å². The first kappa shape index (κ1) is 13.2. The van der Waals surface area contributed by atoms with Crippen molar-refractivity contribution in [1.82, 2.24) is 5.32 Å². The largest absolute Gasteiger partial charge is 0.443 e. The van der Waals surface area contributed by atoms with Gasteiger partial charge in [0.15, 0.2) is 6.23 Å². The Labute approximate surface area is 86.5 Å². The Hall–Kier alpha value is -0.830. The van der Waals surface area contributed by atoms with Crippen LogP contribution in [0, 0.1) is 5.92 Å². The number of nitrogens with one attached hydrogen (secondary N) is 1. The Morgan fingerprint density at radius 2 is 2.21 bits per heavy atom. The fourth-order valence-electron chi connectivity index (χ4n) is 1.02. The molecule has 3 nitrogen and oxygen atoms in total. The number of hydrogen-bond acceptors (Lipinski definition) is 3. The molecule has 0 saturated carbocycles. The van der Waals surface area contributed by atoms with E-state index in [1.54, 1.807) is 0 Å². The van der Waals surface area contributed by atoms with E-state index in [1.807, 2.05) is 0 Å². The number of rotatable bonds is 7. The van der Waals surface area contributed by atoms with Gasteiger partial charge in [0.1, 0.15) is 0 Å². The molecule has 0 heterocycles. The van der Waals surface area contributed by atoms with Gasteiger partial charge in [-0.25, -0.2) is 4.79 Å². The van der Waals surface area contributed by atoms with Crippen molar-refractivity contribution in [3.8, 4) is 0 Å².